The van der Waals surface area contributed by atoms with E-state index in [1.54, 1.807) is 13.2 Å². The van der Waals surface area contributed by atoms with Gasteiger partial charge >= 0.3 is 0 Å². The second kappa shape index (κ2) is 8.65. The Morgan fingerprint density at radius 2 is 2.00 bits per heavy atom. The fourth-order valence-corrected chi connectivity index (χ4v) is 4.72. The lowest BCUT2D eigenvalue weighted by Gasteiger charge is -2.51. The summed E-state index contributed by atoms with van der Waals surface area (Å²) in [6, 6.07) is 1.53. The molecule has 29 heavy (non-hydrogen) atoms. The normalized spacial score (nSPS) is 25.1. The number of nitrogens with two attached hydrogens (primary N) is 1. The molecule has 0 radical (unpaired) electrons. The first kappa shape index (κ1) is 21.5. The quantitative estimate of drug-likeness (QED) is 0.807. The fourth-order valence-electron chi connectivity index (χ4n) is 4.72. The van der Waals surface area contributed by atoms with Crippen LogP contribution < -0.4 is 5.73 Å². The van der Waals surface area contributed by atoms with Gasteiger partial charge in [0.05, 0.1) is 12.0 Å². The molecule has 8 heteroatoms. The molecule has 3 rings (SSSR count). The number of hydrogen-bond donors (Lipinski definition) is 1. The van der Waals surface area contributed by atoms with E-state index in [2.05, 4.69) is 9.97 Å². The van der Waals surface area contributed by atoms with E-state index in [-0.39, 0.29) is 29.7 Å². The van der Waals surface area contributed by atoms with E-state index in [0.29, 0.717) is 25.4 Å². The molecular weight excluding hydrogens is 370 g/mol. The van der Waals surface area contributed by atoms with Crippen molar-refractivity contribution in [1.29, 1.82) is 0 Å². The van der Waals surface area contributed by atoms with Gasteiger partial charge in [-0.25, -0.2) is 9.97 Å². The number of nitrogens with zero attached hydrogens (tertiary/aromatic N) is 4. The van der Waals surface area contributed by atoms with Crippen LogP contribution in [0.4, 0.5) is 5.95 Å². The number of methoxy groups -OCH3 is 1. The molecule has 0 saturated carbocycles. The molecule has 3 heterocycles. The third kappa shape index (κ3) is 4.08. The van der Waals surface area contributed by atoms with Crippen LogP contribution in [-0.2, 0) is 9.53 Å². The van der Waals surface area contributed by atoms with Gasteiger partial charge in [-0.15, -0.1) is 0 Å². The molecule has 2 fully saturated rings. The number of aromatic nitrogens is 2. The summed E-state index contributed by atoms with van der Waals surface area (Å²) in [5, 5.41) is 0. The number of piperidine rings is 2. The average Bonchev–Trinajstić information content (AvgIpc) is 2.70. The molecule has 0 unspecified atom stereocenters. The first-order chi connectivity index (χ1) is 13.8. The second-order valence-corrected chi connectivity index (χ2v) is 8.51. The lowest BCUT2D eigenvalue weighted by atomic mass is 9.67. The zero-order valence-electron chi connectivity index (χ0n) is 18.0. The molecule has 160 valence electrons. The van der Waals surface area contributed by atoms with Crippen molar-refractivity contribution in [3.05, 3.63) is 17.5 Å². The molecule has 0 aliphatic carbocycles. The Morgan fingerprint density at radius 1 is 1.31 bits per heavy atom. The highest BCUT2D eigenvalue weighted by molar-refractivity contribution is 5.94. The predicted molar refractivity (Wildman–Crippen MR) is 110 cm³/mol. The molecular formula is C21H33N5O3. The van der Waals surface area contributed by atoms with Gasteiger partial charge in [0.2, 0.25) is 11.9 Å². The van der Waals surface area contributed by atoms with Crippen LogP contribution in [0, 0.1) is 5.41 Å². The molecule has 1 aromatic rings. The van der Waals surface area contributed by atoms with Gasteiger partial charge in [-0.05, 0) is 44.6 Å². The summed E-state index contributed by atoms with van der Waals surface area (Å²) in [6.07, 6.45) is 3.37. The van der Waals surface area contributed by atoms with Crippen molar-refractivity contribution in [2.75, 3.05) is 39.1 Å². The summed E-state index contributed by atoms with van der Waals surface area (Å²) in [6.45, 7) is 8.50. The maximum Gasteiger partial charge on any atom is 0.272 e. The van der Waals surface area contributed by atoms with Gasteiger partial charge in [-0.3, -0.25) is 9.59 Å². The number of rotatable bonds is 5. The van der Waals surface area contributed by atoms with Crippen molar-refractivity contribution in [1.82, 2.24) is 19.8 Å². The molecule has 1 spiro atoms. The third-order valence-corrected chi connectivity index (χ3v) is 6.45. The van der Waals surface area contributed by atoms with E-state index >= 15 is 0 Å². The van der Waals surface area contributed by atoms with E-state index in [9.17, 15) is 9.59 Å². The monoisotopic (exact) mass is 403 g/mol. The summed E-state index contributed by atoms with van der Waals surface area (Å²) in [7, 11) is 1.65. The maximum atomic E-state index is 13.4. The lowest BCUT2D eigenvalue weighted by molar-refractivity contribution is -0.154. The van der Waals surface area contributed by atoms with Crippen molar-refractivity contribution in [2.45, 2.75) is 58.4 Å². The SMILES string of the molecule is COCCN1CCC[C@@]2(CCCN(C(=O)c3cc(C(C)C)nc(N)n3)[C@H]2C)C1=O. The van der Waals surface area contributed by atoms with E-state index in [0.717, 1.165) is 37.9 Å². The lowest BCUT2D eigenvalue weighted by Crippen LogP contribution is -2.62. The van der Waals surface area contributed by atoms with Crippen molar-refractivity contribution in [2.24, 2.45) is 5.41 Å². The molecule has 2 N–H and O–H groups in total. The topological polar surface area (TPSA) is 102 Å². The standard InChI is InChI=1S/C21H33N5O3/c1-14(2)16-13-17(24-20(22)23-16)18(27)26-10-6-8-21(15(26)3)7-5-9-25(19(21)28)11-12-29-4/h13-15H,5-12H2,1-4H3,(H2,22,23,24)/t15-,21-/m0/s1. The molecule has 8 nitrogen and oxygen atoms in total. The zero-order chi connectivity index (χ0) is 21.2. The van der Waals surface area contributed by atoms with E-state index in [4.69, 9.17) is 10.5 Å². The number of hydrogen-bond acceptors (Lipinski definition) is 6. The predicted octanol–water partition coefficient (Wildman–Crippen LogP) is 2.06. The molecule has 2 aliphatic rings. The maximum absolute atomic E-state index is 13.4. The molecule has 2 amide bonds. The Labute approximate surface area is 172 Å². The molecule has 1 aromatic heterocycles. The molecule has 0 aromatic carbocycles. The number of amides is 2. The van der Waals surface area contributed by atoms with Crippen molar-refractivity contribution >= 4 is 17.8 Å². The van der Waals surface area contributed by atoms with Crippen LogP contribution in [0.3, 0.4) is 0 Å². The van der Waals surface area contributed by atoms with Gasteiger partial charge in [-0.2, -0.15) is 0 Å². The van der Waals surface area contributed by atoms with Gasteiger partial charge in [0.1, 0.15) is 5.69 Å². The van der Waals surface area contributed by atoms with Gasteiger partial charge < -0.3 is 20.3 Å². The van der Waals surface area contributed by atoms with Crippen LogP contribution in [0.2, 0.25) is 0 Å². The highest BCUT2D eigenvalue weighted by Crippen LogP contribution is 2.44. The van der Waals surface area contributed by atoms with Gasteiger partial charge in [0.15, 0.2) is 0 Å². The molecule has 0 bridgehead atoms. The van der Waals surface area contributed by atoms with Crippen LogP contribution in [-0.4, -0.2) is 71.0 Å². The Hall–Kier alpha value is -2.22. The van der Waals surface area contributed by atoms with Crippen LogP contribution >= 0.6 is 0 Å². The van der Waals surface area contributed by atoms with Crippen LogP contribution in [0.15, 0.2) is 6.07 Å². The highest BCUT2D eigenvalue weighted by atomic mass is 16.5. The van der Waals surface area contributed by atoms with Gasteiger partial charge in [-0.1, -0.05) is 13.8 Å². The van der Waals surface area contributed by atoms with Gasteiger partial charge in [0, 0.05) is 38.5 Å². The summed E-state index contributed by atoms with van der Waals surface area (Å²) in [5.41, 5.74) is 6.39. The van der Waals surface area contributed by atoms with Crippen molar-refractivity contribution in [3.8, 4) is 0 Å². The van der Waals surface area contributed by atoms with Crippen molar-refractivity contribution in [3.63, 3.8) is 0 Å². The summed E-state index contributed by atoms with van der Waals surface area (Å²) < 4.78 is 5.17. The molecule has 2 saturated heterocycles. The van der Waals surface area contributed by atoms with E-state index in [1.165, 1.54) is 0 Å². The van der Waals surface area contributed by atoms with Crippen LogP contribution in [0.1, 0.15) is 68.6 Å². The number of carbonyl (C=O) groups is 2. The smallest absolute Gasteiger partial charge is 0.272 e. The van der Waals surface area contributed by atoms with Crippen molar-refractivity contribution < 1.29 is 14.3 Å². The first-order valence-corrected chi connectivity index (χ1v) is 10.5. The second-order valence-electron chi connectivity index (χ2n) is 8.51. The first-order valence-electron chi connectivity index (χ1n) is 10.5. The number of nitrogen functional groups attached to an aromatic ring is 1. The average molecular weight is 404 g/mol. The Kier molecular flexibility index (Phi) is 6.41. The fraction of sp³-hybridized carbons (Fsp3) is 0.714. The number of likely N-dealkylation sites (tertiary alicyclic amines) is 2. The highest BCUT2D eigenvalue weighted by Gasteiger charge is 2.52. The van der Waals surface area contributed by atoms with E-state index in [1.807, 2.05) is 30.6 Å². The molecule has 2 aliphatic heterocycles. The van der Waals surface area contributed by atoms with Gasteiger partial charge in [0.25, 0.3) is 5.91 Å². The third-order valence-electron chi connectivity index (χ3n) is 6.45. The van der Waals surface area contributed by atoms with E-state index < -0.39 is 5.41 Å². The summed E-state index contributed by atoms with van der Waals surface area (Å²) in [4.78, 5) is 38.9. The Morgan fingerprint density at radius 3 is 2.66 bits per heavy atom. The van der Waals surface area contributed by atoms with Crippen LogP contribution in [0.25, 0.3) is 0 Å². The van der Waals surface area contributed by atoms with Crippen LogP contribution in [0.5, 0.6) is 0 Å². The zero-order valence-corrected chi connectivity index (χ0v) is 18.0. The Balaban J connectivity index is 1.86. The summed E-state index contributed by atoms with van der Waals surface area (Å²) >= 11 is 0. The largest absolute Gasteiger partial charge is 0.383 e. The summed E-state index contributed by atoms with van der Waals surface area (Å²) in [5.74, 6) is 0.231. The molecule has 2 atom stereocenters. The minimum atomic E-state index is -0.528. The minimum Gasteiger partial charge on any atom is -0.383 e. The number of ether oxygens (including phenoxy) is 1. The minimum absolute atomic E-state index is 0.110. The Bertz CT molecular complexity index is 765. The number of carbonyl (C=O) groups excluding carboxylic acids is 2. The number of anilines is 1.